The molecule has 2 heteroatoms. The van der Waals surface area contributed by atoms with Gasteiger partial charge in [-0.25, -0.2) is 0 Å². The molecule has 0 spiro atoms. The van der Waals surface area contributed by atoms with Crippen LogP contribution in [0.3, 0.4) is 0 Å². The van der Waals surface area contributed by atoms with Gasteiger partial charge in [0.05, 0.1) is 0 Å². The van der Waals surface area contributed by atoms with Crippen molar-refractivity contribution in [2.75, 3.05) is 0 Å². The lowest BCUT2D eigenvalue weighted by atomic mass is 10.0. The van der Waals surface area contributed by atoms with Crippen LogP contribution in [0.1, 0.15) is 18.9 Å². The van der Waals surface area contributed by atoms with Gasteiger partial charge >= 0.3 is 0 Å². The Morgan fingerprint density at radius 3 is 2.50 bits per heavy atom. The van der Waals surface area contributed by atoms with E-state index in [2.05, 4.69) is 0 Å². The highest BCUT2D eigenvalue weighted by Crippen LogP contribution is 2.13. The predicted molar refractivity (Wildman–Crippen MR) is 54.2 cm³/mol. The van der Waals surface area contributed by atoms with E-state index < -0.39 is 6.08 Å². The third kappa shape index (κ3) is 4.17. The van der Waals surface area contributed by atoms with Gasteiger partial charge in [-0.3, -0.25) is 0 Å². The van der Waals surface area contributed by atoms with E-state index in [1.165, 1.54) is 5.56 Å². The molecule has 1 unspecified atom stereocenters. The first kappa shape index (κ1) is 10.9. The van der Waals surface area contributed by atoms with Gasteiger partial charge in [0.2, 0.25) is 0 Å². The SMILES string of the molecule is CC(C=C(F)F)CCc1ccccc1. The van der Waals surface area contributed by atoms with Crippen LogP contribution in [0, 0.1) is 5.92 Å². The fraction of sp³-hybridized carbons (Fsp3) is 0.333. The highest BCUT2D eigenvalue weighted by atomic mass is 19.3. The Kier molecular flexibility index (Phi) is 4.30. The lowest BCUT2D eigenvalue weighted by Crippen LogP contribution is -1.93. The van der Waals surface area contributed by atoms with E-state index in [-0.39, 0.29) is 5.92 Å². The summed E-state index contributed by atoms with van der Waals surface area (Å²) in [6.45, 7) is 1.81. The third-order valence-corrected chi connectivity index (χ3v) is 2.14. The van der Waals surface area contributed by atoms with E-state index in [4.69, 9.17) is 0 Å². The Morgan fingerprint density at radius 2 is 1.93 bits per heavy atom. The number of halogens is 2. The molecule has 1 rings (SSSR count). The number of rotatable bonds is 4. The molecule has 0 aliphatic heterocycles. The minimum Gasteiger partial charge on any atom is -0.174 e. The zero-order valence-electron chi connectivity index (χ0n) is 8.21. The van der Waals surface area contributed by atoms with Crippen LogP contribution in [0.4, 0.5) is 8.78 Å². The average Bonchev–Trinajstić information content (AvgIpc) is 2.15. The first-order chi connectivity index (χ1) is 6.68. The Balaban J connectivity index is 2.38. The smallest absolute Gasteiger partial charge is 0.174 e. The molecule has 0 fully saturated rings. The molecule has 0 heterocycles. The highest BCUT2D eigenvalue weighted by molar-refractivity contribution is 5.14. The minimum absolute atomic E-state index is 0.0554. The maximum atomic E-state index is 11.9. The number of aryl methyl sites for hydroxylation is 1. The van der Waals surface area contributed by atoms with Gasteiger partial charge in [0, 0.05) is 0 Å². The highest BCUT2D eigenvalue weighted by Gasteiger charge is 2.01. The normalized spacial score (nSPS) is 12.2. The van der Waals surface area contributed by atoms with Gasteiger partial charge in [-0.2, -0.15) is 8.78 Å². The van der Waals surface area contributed by atoms with Crippen molar-refractivity contribution in [3.63, 3.8) is 0 Å². The fourth-order valence-corrected chi connectivity index (χ4v) is 1.34. The maximum absolute atomic E-state index is 11.9. The lowest BCUT2D eigenvalue weighted by Gasteiger charge is -2.05. The van der Waals surface area contributed by atoms with Gasteiger partial charge < -0.3 is 0 Å². The van der Waals surface area contributed by atoms with Crippen LogP contribution in [-0.2, 0) is 6.42 Å². The average molecular weight is 196 g/mol. The summed E-state index contributed by atoms with van der Waals surface area (Å²) in [4.78, 5) is 0. The zero-order valence-corrected chi connectivity index (χ0v) is 8.21. The van der Waals surface area contributed by atoms with Crippen molar-refractivity contribution in [3.8, 4) is 0 Å². The van der Waals surface area contributed by atoms with Crippen molar-refractivity contribution in [1.29, 1.82) is 0 Å². The molecule has 1 aromatic carbocycles. The summed E-state index contributed by atoms with van der Waals surface area (Å²) in [6, 6.07) is 9.91. The van der Waals surface area contributed by atoms with E-state index in [0.717, 1.165) is 18.9 Å². The first-order valence-corrected chi connectivity index (χ1v) is 4.75. The summed E-state index contributed by atoms with van der Waals surface area (Å²) in [6.07, 6.45) is 1.06. The monoisotopic (exact) mass is 196 g/mol. The van der Waals surface area contributed by atoms with Crippen molar-refractivity contribution in [3.05, 3.63) is 48.1 Å². The van der Waals surface area contributed by atoms with Crippen LogP contribution in [-0.4, -0.2) is 0 Å². The molecule has 1 aromatic rings. The molecule has 14 heavy (non-hydrogen) atoms. The summed E-state index contributed by atoms with van der Waals surface area (Å²) >= 11 is 0. The molecule has 0 aliphatic carbocycles. The summed E-state index contributed by atoms with van der Waals surface area (Å²) in [5, 5.41) is 0. The van der Waals surface area contributed by atoms with Crippen molar-refractivity contribution in [2.24, 2.45) is 5.92 Å². The number of hydrogen-bond acceptors (Lipinski definition) is 0. The van der Waals surface area contributed by atoms with E-state index in [0.29, 0.717) is 0 Å². The molecule has 0 saturated carbocycles. The van der Waals surface area contributed by atoms with Gasteiger partial charge in [-0.05, 0) is 30.4 Å². The third-order valence-electron chi connectivity index (χ3n) is 2.14. The standard InChI is InChI=1S/C12H14F2/c1-10(9-12(13)14)7-8-11-5-3-2-4-6-11/h2-6,9-10H,7-8H2,1H3. The molecule has 76 valence electrons. The molecule has 0 N–H and O–H groups in total. The second kappa shape index (κ2) is 5.53. The topological polar surface area (TPSA) is 0 Å². The van der Waals surface area contributed by atoms with Crippen molar-refractivity contribution in [1.82, 2.24) is 0 Å². The Bertz CT molecular complexity index is 286. The van der Waals surface area contributed by atoms with Gasteiger partial charge in [0.1, 0.15) is 0 Å². The van der Waals surface area contributed by atoms with E-state index in [1.807, 2.05) is 37.3 Å². The van der Waals surface area contributed by atoms with Crippen LogP contribution in [0.25, 0.3) is 0 Å². The second-order valence-corrected chi connectivity index (χ2v) is 3.46. The van der Waals surface area contributed by atoms with Gasteiger partial charge in [0.15, 0.2) is 0 Å². The van der Waals surface area contributed by atoms with Crippen LogP contribution in [0.2, 0.25) is 0 Å². The largest absolute Gasteiger partial charge is 0.266 e. The van der Waals surface area contributed by atoms with Crippen molar-refractivity contribution in [2.45, 2.75) is 19.8 Å². The molecule has 0 nitrogen and oxygen atoms in total. The molecule has 0 aromatic heterocycles. The molecule has 0 amide bonds. The fourth-order valence-electron chi connectivity index (χ4n) is 1.34. The number of benzene rings is 1. The zero-order chi connectivity index (χ0) is 10.4. The van der Waals surface area contributed by atoms with E-state index in [1.54, 1.807) is 0 Å². The summed E-state index contributed by atoms with van der Waals surface area (Å²) in [5.74, 6) is -0.0554. The Hall–Kier alpha value is -1.18. The van der Waals surface area contributed by atoms with Crippen LogP contribution in [0.5, 0.6) is 0 Å². The second-order valence-electron chi connectivity index (χ2n) is 3.46. The molecular formula is C12H14F2. The van der Waals surface area contributed by atoms with Crippen molar-refractivity contribution >= 4 is 0 Å². The molecule has 0 saturated heterocycles. The van der Waals surface area contributed by atoms with E-state index >= 15 is 0 Å². The summed E-state index contributed by atoms with van der Waals surface area (Å²) in [5.41, 5.74) is 1.20. The minimum atomic E-state index is -1.58. The number of hydrogen-bond donors (Lipinski definition) is 0. The van der Waals surface area contributed by atoms with Crippen molar-refractivity contribution < 1.29 is 8.78 Å². The molecule has 1 atom stereocenters. The first-order valence-electron chi connectivity index (χ1n) is 4.75. The Morgan fingerprint density at radius 1 is 1.29 bits per heavy atom. The van der Waals surface area contributed by atoms with Crippen LogP contribution >= 0.6 is 0 Å². The molecule has 0 aliphatic rings. The predicted octanol–water partition coefficient (Wildman–Crippen LogP) is 4.04. The van der Waals surface area contributed by atoms with E-state index in [9.17, 15) is 8.78 Å². The lowest BCUT2D eigenvalue weighted by molar-refractivity contribution is 0.408. The number of allylic oxidation sites excluding steroid dienone is 1. The summed E-state index contributed by atoms with van der Waals surface area (Å²) in [7, 11) is 0. The van der Waals surface area contributed by atoms with Crippen LogP contribution in [0.15, 0.2) is 42.5 Å². The molecular weight excluding hydrogens is 182 g/mol. The maximum Gasteiger partial charge on any atom is 0.266 e. The summed E-state index contributed by atoms with van der Waals surface area (Å²) < 4.78 is 23.7. The van der Waals surface area contributed by atoms with Gasteiger partial charge in [0.25, 0.3) is 6.08 Å². The van der Waals surface area contributed by atoms with Gasteiger partial charge in [-0.1, -0.05) is 37.3 Å². The van der Waals surface area contributed by atoms with Gasteiger partial charge in [-0.15, -0.1) is 0 Å². The molecule has 0 radical (unpaired) electrons. The van der Waals surface area contributed by atoms with Crippen LogP contribution < -0.4 is 0 Å². The Labute approximate surface area is 83.3 Å². The quantitative estimate of drug-likeness (QED) is 0.681. The molecule has 0 bridgehead atoms.